The number of carbonyl (C=O) groups excluding carboxylic acids is 3. The van der Waals surface area contributed by atoms with E-state index in [2.05, 4.69) is 6.58 Å². The van der Waals surface area contributed by atoms with E-state index in [0.717, 1.165) is 23.6 Å². The quantitative estimate of drug-likeness (QED) is 0.287. The number of benzene rings is 1. The lowest BCUT2D eigenvalue weighted by atomic mass is 9.43. The molecule has 1 fully saturated rings. The molecule has 208 valence electrons. The summed E-state index contributed by atoms with van der Waals surface area (Å²) < 4.78 is 0. The van der Waals surface area contributed by atoms with E-state index >= 15 is 0 Å². The van der Waals surface area contributed by atoms with Crippen molar-refractivity contribution in [2.24, 2.45) is 22.7 Å². The van der Waals surface area contributed by atoms with Gasteiger partial charge >= 0.3 is 0 Å². The van der Waals surface area contributed by atoms with Gasteiger partial charge in [0.15, 0.2) is 17.2 Å². The van der Waals surface area contributed by atoms with E-state index in [4.69, 9.17) is 0 Å². The van der Waals surface area contributed by atoms with Gasteiger partial charge in [-0.1, -0.05) is 52.0 Å². The van der Waals surface area contributed by atoms with E-state index in [1.807, 2.05) is 19.9 Å². The van der Waals surface area contributed by atoms with Gasteiger partial charge in [-0.2, -0.15) is 0 Å². The molecule has 1 saturated carbocycles. The molecule has 4 N–H and O–H groups in total. The molecule has 1 aromatic rings. The fraction of sp³-hybridized carbons (Fsp3) is 0.469. The molecule has 0 aromatic heterocycles. The van der Waals surface area contributed by atoms with Crippen LogP contribution in [0.4, 0.5) is 0 Å². The number of aliphatic hydroxyl groups is 3. The van der Waals surface area contributed by atoms with Crippen LogP contribution in [0.5, 0.6) is 5.75 Å². The number of ketones is 3. The number of phenols is 1. The summed E-state index contributed by atoms with van der Waals surface area (Å²) in [6, 6.07) is 3.23. The van der Waals surface area contributed by atoms with Crippen molar-refractivity contribution in [2.45, 2.75) is 73.3 Å². The summed E-state index contributed by atoms with van der Waals surface area (Å²) in [6.07, 6.45) is 2.97. The largest absolute Gasteiger partial charge is 0.508 e. The van der Waals surface area contributed by atoms with Crippen molar-refractivity contribution in [3.05, 3.63) is 64.0 Å². The molecule has 0 amide bonds. The van der Waals surface area contributed by atoms with Gasteiger partial charge in [-0.3, -0.25) is 14.4 Å². The second-order valence-corrected chi connectivity index (χ2v) is 12.5. The summed E-state index contributed by atoms with van der Waals surface area (Å²) in [5.74, 6) is -5.26. The molecule has 0 heterocycles. The molecule has 3 aliphatic rings. The fourth-order valence-corrected chi connectivity index (χ4v) is 7.52. The van der Waals surface area contributed by atoms with Crippen molar-refractivity contribution in [3.8, 4) is 5.75 Å². The molecule has 4 atom stereocenters. The van der Waals surface area contributed by atoms with Gasteiger partial charge in [0.25, 0.3) is 0 Å². The number of carbonyl (C=O) groups is 3. The minimum atomic E-state index is -2.61. The van der Waals surface area contributed by atoms with Gasteiger partial charge in [-0.25, -0.2) is 0 Å². The van der Waals surface area contributed by atoms with Gasteiger partial charge < -0.3 is 20.4 Å². The summed E-state index contributed by atoms with van der Waals surface area (Å²) >= 11 is 0. The first-order valence-corrected chi connectivity index (χ1v) is 13.3. The Labute approximate surface area is 229 Å². The predicted octanol–water partition coefficient (Wildman–Crippen LogP) is 5.56. The minimum Gasteiger partial charge on any atom is -0.508 e. The lowest BCUT2D eigenvalue weighted by Gasteiger charge is -2.59. The van der Waals surface area contributed by atoms with Gasteiger partial charge in [-0.15, -0.1) is 0 Å². The van der Waals surface area contributed by atoms with Crippen LogP contribution < -0.4 is 0 Å². The van der Waals surface area contributed by atoms with Crippen molar-refractivity contribution >= 4 is 28.7 Å². The van der Waals surface area contributed by atoms with Gasteiger partial charge in [-0.05, 0) is 68.7 Å². The van der Waals surface area contributed by atoms with Crippen LogP contribution in [0.1, 0.15) is 78.0 Å². The highest BCUT2D eigenvalue weighted by atomic mass is 16.3. The number of rotatable bonds is 5. The Bertz CT molecular complexity index is 1440. The molecule has 3 aliphatic carbocycles. The van der Waals surface area contributed by atoms with Crippen molar-refractivity contribution < 1.29 is 34.8 Å². The van der Waals surface area contributed by atoms with E-state index in [1.54, 1.807) is 33.8 Å². The van der Waals surface area contributed by atoms with Crippen LogP contribution in [0.3, 0.4) is 0 Å². The number of phenolic OH excluding ortho intramolecular Hbond substituents is 1. The zero-order chi connectivity index (χ0) is 29.4. The topological polar surface area (TPSA) is 132 Å². The van der Waals surface area contributed by atoms with Crippen molar-refractivity contribution in [1.82, 2.24) is 0 Å². The Morgan fingerprint density at radius 2 is 1.74 bits per heavy atom. The maximum absolute atomic E-state index is 14.3. The monoisotopic (exact) mass is 534 g/mol. The third kappa shape index (κ3) is 3.77. The number of hydrogen-bond acceptors (Lipinski definition) is 7. The number of Topliss-reactive ketones (excluding diaryl/α,β-unsaturated/α-hetero) is 3. The maximum atomic E-state index is 14.3. The van der Waals surface area contributed by atoms with Gasteiger partial charge in [0, 0.05) is 22.3 Å². The van der Waals surface area contributed by atoms with Crippen LogP contribution in [0, 0.1) is 22.7 Å². The van der Waals surface area contributed by atoms with Gasteiger partial charge in [0.05, 0.1) is 5.56 Å². The summed E-state index contributed by atoms with van der Waals surface area (Å²) in [7, 11) is 0. The molecular weight excluding hydrogens is 496 g/mol. The normalized spacial score (nSPS) is 30.8. The molecule has 1 aromatic carbocycles. The summed E-state index contributed by atoms with van der Waals surface area (Å²) in [6.45, 7) is 15.9. The van der Waals surface area contributed by atoms with Crippen molar-refractivity contribution in [1.29, 1.82) is 0 Å². The standard InChI is InChI=1S/C32H38O7/c1-15(2)9-10-17(5)19-11-12-21(34)23-20(19)13-30(7)14-31(8)24(16(3)4)26(35)22(18(6)33)28(37)32(31,39)29(38)25(30)27(23)36/h10-12,16,24,34,36-37,39H,1,9,13-14H2,2-8H3/b17-10-/t24?,30-,31-,32+/m1/s1. The van der Waals surface area contributed by atoms with Crippen LogP contribution in [0.15, 0.2) is 47.3 Å². The first kappa shape index (κ1) is 28.6. The Morgan fingerprint density at radius 3 is 2.28 bits per heavy atom. The molecule has 0 saturated heterocycles. The molecule has 0 bridgehead atoms. The zero-order valence-corrected chi connectivity index (χ0v) is 23.7. The third-order valence-electron chi connectivity index (χ3n) is 9.07. The zero-order valence-electron chi connectivity index (χ0n) is 23.7. The highest BCUT2D eigenvalue weighted by Crippen LogP contribution is 2.65. The van der Waals surface area contributed by atoms with E-state index in [0.29, 0.717) is 12.0 Å². The number of allylic oxidation sites excluding steroid dienone is 4. The number of aromatic hydroxyl groups is 1. The molecule has 0 aliphatic heterocycles. The van der Waals surface area contributed by atoms with E-state index < -0.39 is 56.8 Å². The molecule has 39 heavy (non-hydrogen) atoms. The highest BCUT2D eigenvalue weighted by Gasteiger charge is 2.72. The van der Waals surface area contributed by atoms with E-state index in [-0.39, 0.29) is 35.6 Å². The Balaban J connectivity index is 2.05. The van der Waals surface area contributed by atoms with Crippen LogP contribution in [-0.4, -0.2) is 43.4 Å². The van der Waals surface area contributed by atoms with Gasteiger partial charge in [0.2, 0.25) is 5.78 Å². The maximum Gasteiger partial charge on any atom is 0.203 e. The van der Waals surface area contributed by atoms with Crippen LogP contribution >= 0.6 is 0 Å². The summed E-state index contributed by atoms with van der Waals surface area (Å²) in [4.78, 5) is 40.4. The van der Waals surface area contributed by atoms with Crippen LogP contribution in [-0.2, 0) is 20.8 Å². The second kappa shape index (κ2) is 9.05. The van der Waals surface area contributed by atoms with E-state index in [1.165, 1.54) is 6.07 Å². The first-order chi connectivity index (χ1) is 17.9. The highest BCUT2D eigenvalue weighted by molar-refractivity contribution is 6.24. The second-order valence-electron chi connectivity index (χ2n) is 12.5. The average molecular weight is 535 g/mol. The Morgan fingerprint density at radius 1 is 1.13 bits per heavy atom. The van der Waals surface area contributed by atoms with E-state index in [9.17, 15) is 34.8 Å². The van der Waals surface area contributed by atoms with Crippen molar-refractivity contribution in [2.75, 3.05) is 0 Å². The van der Waals surface area contributed by atoms with Gasteiger partial charge in [0.1, 0.15) is 22.8 Å². The summed E-state index contributed by atoms with van der Waals surface area (Å²) in [5.41, 5.74) is -2.39. The molecular formula is C32H38O7. The Kier molecular flexibility index (Phi) is 6.63. The number of aliphatic hydroxyl groups excluding tert-OH is 2. The van der Waals surface area contributed by atoms with Crippen LogP contribution in [0.25, 0.3) is 11.3 Å². The number of fused-ring (bicyclic) bond motifs is 3. The molecule has 0 spiro atoms. The summed E-state index contributed by atoms with van der Waals surface area (Å²) in [5, 5.41) is 45.8. The Hall–Kier alpha value is -3.45. The molecule has 1 unspecified atom stereocenters. The first-order valence-electron chi connectivity index (χ1n) is 13.3. The van der Waals surface area contributed by atoms with Crippen LogP contribution in [0.2, 0.25) is 0 Å². The molecule has 4 rings (SSSR count). The lowest BCUT2D eigenvalue weighted by molar-refractivity contribution is -0.178. The number of hydrogen-bond donors (Lipinski definition) is 4. The fourth-order valence-electron chi connectivity index (χ4n) is 7.52. The average Bonchev–Trinajstić information content (AvgIpc) is 2.79. The smallest absolute Gasteiger partial charge is 0.203 e. The molecule has 7 nitrogen and oxygen atoms in total. The SMILES string of the molecule is C=C(C)C/C=C(/C)c1ccc(O)c2c1C[C@]1(C)C[C@]3(C)C(C(C)C)C(=O)C(C(C)=O)=C(O)[C@]3(O)C(=O)C1=C2O. The minimum absolute atomic E-state index is 0.0640. The molecule has 7 heteroatoms. The molecule has 0 radical (unpaired) electrons. The predicted molar refractivity (Wildman–Crippen MR) is 149 cm³/mol. The van der Waals surface area contributed by atoms with Crippen molar-refractivity contribution in [3.63, 3.8) is 0 Å². The lowest BCUT2D eigenvalue weighted by Crippen LogP contribution is -2.69. The third-order valence-corrected chi connectivity index (χ3v) is 9.07.